The molecule has 0 aliphatic carbocycles. The molecule has 4 fully saturated rings. The molecule has 12 nitrogen and oxygen atoms in total. The Kier molecular flexibility index (Phi) is 13.4. The van der Waals surface area contributed by atoms with Gasteiger partial charge in [-0.2, -0.15) is 0 Å². The molecule has 0 atom stereocenters. The van der Waals surface area contributed by atoms with E-state index in [1.165, 1.54) is 0 Å². The molecule has 0 radical (unpaired) electrons. The monoisotopic (exact) mass is 751 g/mol. The van der Waals surface area contributed by atoms with Crippen LogP contribution in [-0.4, -0.2) is 92.6 Å². The largest absolute Gasteiger partial charge is 0.462 e. The Morgan fingerprint density at radius 2 is 0.528 bits per heavy atom. The van der Waals surface area contributed by atoms with Crippen molar-refractivity contribution in [1.29, 1.82) is 0 Å². The van der Waals surface area contributed by atoms with Gasteiger partial charge < -0.3 is 40.2 Å². The van der Waals surface area contributed by atoms with Crippen LogP contribution in [0.25, 0.3) is 0 Å². The van der Waals surface area contributed by atoms with Crippen molar-refractivity contribution in [3.63, 3.8) is 0 Å². The highest BCUT2D eigenvalue weighted by Crippen LogP contribution is 2.34. The summed E-state index contributed by atoms with van der Waals surface area (Å²) in [7, 11) is 0. The third kappa shape index (κ3) is 15.4. The van der Waals surface area contributed by atoms with Gasteiger partial charge in [0.25, 0.3) is 0 Å². The zero-order valence-electron chi connectivity index (χ0n) is 35.9. The van der Waals surface area contributed by atoms with Crippen LogP contribution in [0.5, 0.6) is 0 Å². The van der Waals surface area contributed by atoms with Crippen LogP contribution in [-0.2, 0) is 38.1 Å². The Morgan fingerprint density at radius 3 is 0.717 bits per heavy atom. The van der Waals surface area contributed by atoms with Crippen LogP contribution in [0.1, 0.15) is 169 Å². The first-order chi connectivity index (χ1) is 23.6. The van der Waals surface area contributed by atoms with E-state index in [0.717, 1.165) is 25.7 Å². The molecule has 12 heteroatoms. The van der Waals surface area contributed by atoms with Crippen molar-refractivity contribution >= 4 is 23.9 Å². The summed E-state index contributed by atoms with van der Waals surface area (Å²) in [6.07, 6.45) is 4.32. The van der Waals surface area contributed by atoms with Gasteiger partial charge in [0, 0.05) is 95.7 Å². The highest BCUT2D eigenvalue weighted by atomic mass is 16.6. The molecule has 0 aromatic rings. The molecule has 0 aromatic heterocycles. The maximum Gasteiger partial charge on any atom is 0.417 e. The molecule has 4 heterocycles. The zero-order chi connectivity index (χ0) is 40.6. The Balaban J connectivity index is 0.000000286. The molecule has 4 aliphatic heterocycles. The molecule has 53 heavy (non-hydrogen) atoms. The van der Waals surface area contributed by atoms with Crippen LogP contribution < -0.4 is 21.3 Å². The Hall–Kier alpha value is -2.28. The SMILES string of the molecule is CC1(C)CC(OC(=O)C(=O)OC2CC(C)(C)NC(C)(C)C2)CC(C)(C)N1.CC1(C)CC(OC(=O)CC(=O)OC2CC(C)(C)NC(C)(C)C2)CC(C)(C)N1. The molecule has 4 aliphatic rings. The predicted molar refractivity (Wildman–Crippen MR) is 206 cm³/mol. The summed E-state index contributed by atoms with van der Waals surface area (Å²) in [5.74, 6) is -2.74. The van der Waals surface area contributed by atoms with Gasteiger partial charge in [0.15, 0.2) is 0 Å². The van der Waals surface area contributed by atoms with Crippen LogP contribution in [0.15, 0.2) is 0 Å². The fourth-order valence-corrected chi connectivity index (χ4v) is 10.2. The van der Waals surface area contributed by atoms with Gasteiger partial charge in [-0.1, -0.05) is 0 Å². The molecule has 0 unspecified atom stereocenters. The van der Waals surface area contributed by atoms with Gasteiger partial charge in [-0.25, -0.2) is 9.59 Å². The van der Waals surface area contributed by atoms with E-state index in [9.17, 15) is 19.2 Å². The molecule has 0 bridgehead atoms. The summed E-state index contributed by atoms with van der Waals surface area (Å²) in [4.78, 5) is 49.2. The lowest BCUT2D eigenvalue weighted by Gasteiger charge is -2.46. The molecule has 4 N–H and O–H groups in total. The number of rotatable bonds is 6. The van der Waals surface area contributed by atoms with E-state index in [1.807, 2.05) is 0 Å². The number of hydrogen-bond acceptors (Lipinski definition) is 12. The van der Waals surface area contributed by atoms with Crippen molar-refractivity contribution in [3.8, 4) is 0 Å². The molecule has 4 saturated heterocycles. The lowest BCUT2D eigenvalue weighted by molar-refractivity contribution is -0.178. The number of piperidine rings is 4. The van der Waals surface area contributed by atoms with Gasteiger partial charge in [0.1, 0.15) is 30.8 Å². The van der Waals surface area contributed by atoms with E-state index in [2.05, 4.69) is 132 Å². The van der Waals surface area contributed by atoms with Gasteiger partial charge in [-0.3, -0.25) is 9.59 Å². The minimum Gasteiger partial charge on any atom is -0.462 e. The maximum atomic E-state index is 12.3. The van der Waals surface area contributed by atoms with E-state index in [4.69, 9.17) is 18.9 Å². The highest BCUT2D eigenvalue weighted by molar-refractivity contribution is 6.29. The summed E-state index contributed by atoms with van der Waals surface area (Å²) in [6.45, 7) is 33.4. The van der Waals surface area contributed by atoms with Crippen molar-refractivity contribution in [2.75, 3.05) is 0 Å². The Labute approximate surface area is 320 Å². The van der Waals surface area contributed by atoms with Gasteiger partial charge in [-0.15, -0.1) is 0 Å². The molecule has 0 amide bonds. The average molecular weight is 751 g/mol. The lowest BCUT2D eigenvalue weighted by Crippen LogP contribution is -2.60. The number of carbonyl (C=O) groups excluding carboxylic acids is 4. The number of ether oxygens (including phenoxy) is 4. The smallest absolute Gasteiger partial charge is 0.417 e. The molecule has 0 aromatic carbocycles. The maximum absolute atomic E-state index is 12.3. The molecular formula is C41H74N4O8. The summed E-state index contributed by atoms with van der Waals surface area (Å²) < 4.78 is 22.2. The van der Waals surface area contributed by atoms with Crippen LogP contribution in [0, 0.1) is 0 Å². The topological polar surface area (TPSA) is 153 Å². The molecule has 306 valence electrons. The fraction of sp³-hybridized carbons (Fsp3) is 0.902. The normalized spacial score (nSPS) is 27.2. The second-order valence-electron chi connectivity index (χ2n) is 21.7. The third-order valence-electron chi connectivity index (χ3n) is 10.2. The first-order valence-corrected chi connectivity index (χ1v) is 19.6. The lowest BCUT2D eigenvalue weighted by atomic mass is 9.81. The van der Waals surface area contributed by atoms with E-state index in [0.29, 0.717) is 25.7 Å². The van der Waals surface area contributed by atoms with Crippen molar-refractivity contribution in [2.45, 2.75) is 237 Å². The average Bonchev–Trinajstić information content (AvgIpc) is 2.80. The van der Waals surface area contributed by atoms with E-state index >= 15 is 0 Å². The molecule has 4 rings (SSSR count). The van der Waals surface area contributed by atoms with Crippen molar-refractivity contribution < 1.29 is 38.1 Å². The second kappa shape index (κ2) is 15.7. The quantitative estimate of drug-likeness (QED) is 0.113. The van der Waals surface area contributed by atoms with Crippen molar-refractivity contribution in [3.05, 3.63) is 0 Å². The summed E-state index contributed by atoms with van der Waals surface area (Å²) in [5, 5.41) is 14.2. The molecule has 0 spiro atoms. The number of nitrogens with one attached hydrogen (secondary N) is 4. The van der Waals surface area contributed by atoms with E-state index < -0.39 is 23.9 Å². The van der Waals surface area contributed by atoms with Gasteiger partial charge >= 0.3 is 23.9 Å². The fourth-order valence-electron chi connectivity index (χ4n) is 10.2. The number of hydrogen-bond donors (Lipinski definition) is 4. The third-order valence-corrected chi connectivity index (χ3v) is 10.2. The van der Waals surface area contributed by atoms with Gasteiger partial charge in [-0.05, 0) is 111 Å². The first-order valence-electron chi connectivity index (χ1n) is 19.6. The van der Waals surface area contributed by atoms with Crippen LogP contribution in [0.3, 0.4) is 0 Å². The van der Waals surface area contributed by atoms with Gasteiger partial charge in [0.05, 0.1) is 0 Å². The van der Waals surface area contributed by atoms with Crippen molar-refractivity contribution in [1.82, 2.24) is 21.3 Å². The Morgan fingerprint density at radius 1 is 0.358 bits per heavy atom. The van der Waals surface area contributed by atoms with Crippen LogP contribution in [0.2, 0.25) is 0 Å². The first kappa shape index (κ1) is 45.1. The molecule has 0 saturated carbocycles. The standard InChI is InChI=1S/C21H38N2O4.C20H36N2O4/c1-18(2)10-14(11-19(3,4)22-18)26-16(24)9-17(25)27-15-12-20(5,6)23-21(7,8)13-15;1-17(2)9-13(10-18(3,4)21-17)25-15(23)16(24)26-14-11-19(5,6)22-20(7,8)12-14/h14-15,22-23H,9-13H2,1-8H3;13-14,21-22H,9-12H2,1-8H3. The zero-order valence-corrected chi connectivity index (χ0v) is 35.9. The molecular weight excluding hydrogens is 676 g/mol. The summed E-state index contributed by atoms with van der Waals surface area (Å²) >= 11 is 0. The highest BCUT2D eigenvalue weighted by Gasteiger charge is 2.44. The number of carbonyl (C=O) groups is 4. The predicted octanol–water partition coefficient (Wildman–Crippen LogP) is 5.77. The minimum atomic E-state index is -0.877. The van der Waals surface area contributed by atoms with Crippen molar-refractivity contribution in [2.24, 2.45) is 0 Å². The minimum absolute atomic E-state index is 0.112. The van der Waals surface area contributed by atoms with Crippen LogP contribution in [0.4, 0.5) is 0 Å². The number of esters is 4. The summed E-state index contributed by atoms with van der Waals surface area (Å²) in [5.41, 5.74) is -1.06. The van der Waals surface area contributed by atoms with Gasteiger partial charge in [0.2, 0.25) is 0 Å². The van der Waals surface area contributed by atoms with Crippen LogP contribution >= 0.6 is 0 Å². The summed E-state index contributed by atoms with van der Waals surface area (Å²) in [6, 6.07) is 0. The Bertz CT molecular complexity index is 1180. The second-order valence-corrected chi connectivity index (χ2v) is 21.7. The van der Waals surface area contributed by atoms with E-state index in [-0.39, 0.29) is 75.1 Å². The van der Waals surface area contributed by atoms with E-state index in [1.54, 1.807) is 0 Å².